The van der Waals surface area contributed by atoms with E-state index in [-0.39, 0.29) is 22.1 Å². The molecule has 0 aliphatic rings. The Morgan fingerprint density at radius 1 is 1.53 bits per heavy atom. The summed E-state index contributed by atoms with van der Waals surface area (Å²) in [6.07, 6.45) is 0. The maximum Gasteiger partial charge on any atom is 0.276 e. The Labute approximate surface area is 95.9 Å². The van der Waals surface area contributed by atoms with Crippen LogP contribution in [0, 0.1) is 10.1 Å². The Morgan fingerprint density at radius 3 is 2.60 bits per heavy atom. The highest BCUT2D eigenvalue weighted by molar-refractivity contribution is 6.36. The highest BCUT2D eigenvalue weighted by Crippen LogP contribution is 2.35. The van der Waals surface area contributed by atoms with E-state index in [1.54, 1.807) is 0 Å². The second-order valence-electron chi connectivity index (χ2n) is 2.90. The van der Waals surface area contributed by atoms with Crippen LogP contribution in [0.3, 0.4) is 0 Å². The lowest BCUT2D eigenvalue weighted by molar-refractivity contribution is -0.385. The van der Waals surface area contributed by atoms with Gasteiger partial charge in [-0.2, -0.15) is 0 Å². The summed E-state index contributed by atoms with van der Waals surface area (Å²) in [6, 6.07) is 4.16. The van der Waals surface area contributed by atoms with E-state index in [4.69, 9.17) is 23.2 Å². The van der Waals surface area contributed by atoms with Gasteiger partial charge in [0.15, 0.2) is 5.78 Å². The Morgan fingerprint density at radius 2 is 2.13 bits per heavy atom. The number of carbonyl (C=O) groups excluding carboxylic acids is 1. The van der Waals surface area contributed by atoms with E-state index in [9.17, 15) is 14.9 Å². The molecule has 0 spiro atoms. The van der Waals surface area contributed by atoms with Crippen LogP contribution in [0.1, 0.15) is 17.9 Å². The van der Waals surface area contributed by atoms with Crippen molar-refractivity contribution in [1.82, 2.24) is 0 Å². The maximum atomic E-state index is 11.1. The molecule has 0 radical (unpaired) electrons. The van der Waals surface area contributed by atoms with E-state index < -0.39 is 10.3 Å². The number of hydrogen-bond donors (Lipinski definition) is 0. The van der Waals surface area contributed by atoms with Gasteiger partial charge in [0.1, 0.15) is 5.38 Å². The SMILES string of the molecule is CC(=O)C(Cl)c1c(Cl)cccc1[N+](=O)[O-]. The second-order valence-corrected chi connectivity index (χ2v) is 3.75. The van der Waals surface area contributed by atoms with Gasteiger partial charge in [-0.05, 0) is 13.0 Å². The van der Waals surface area contributed by atoms with Crippen molar-refractivity contribution >= 4 is 34.7 Å². The molecule has 0 aliphatic carbocycles. The summed E-state index contributed by atoms with van der Waals surface area (Å²) >= 11 is 11.5. The van der Waals surface area contributed by atoms with E-state index in [0.717, 1.165) is 0 Å². The largest absolute Gasteiger partial charge is 0.298 e. The average molecular weight is 248 g/mol. The van der Waals surface area contributed by atoms with Gasteiger partial charge >= 0.3 is 0 Å². The number of nitrogens with zero attached hydrogens (tertiary/aromatic N) is 1. The van der Waals surface area contributed by atoms with Crippen LogP contribution >= 0.6 is 23.2 Å². The molecule has 6 heteroatoms. The lowest BCUT2D eigenvalue weighted by Gasteiger charge is -2.08. The Kier molecular flexibility index (Phi) is 3.66. The Balaban J connectivity index is 3.37. The normalized spacial score (nSPS) is 12.2. The zero-order valence-corrected chi connectivity index (χ0v) is 9.25. The number of Topliss-reactive ketones (excluding diaryl/α,β-unsaturated/α-hetero) is 1. The fourth-order valence-corrected chi connectivity index (χ4v) is 1.70. The van der Waals surface area contributed by atoms with Crippen molar-refractivity contribution in [2.24, 2.45) is 0 Å². The molecule has 0 fully saturated rings. The fraction of sp³-hybridized carbons (Fsp3) is 0.222. The van der Waals surface area contributed by atoms with E-state index in [2.05, 4.69) is 0 Å². The van der Waals surface area contributed by atoms with E-state index in [1.807, 2.05) is 0 Å². The monoisotopic (exact) mass is 247 g/mol. The molecule has 1 unspecified atom stereocenters. The molecule has 0 bridgehead atoms. The number of rotatable bonds is 3. The van der Waals surface area contributed by atoms with Gasteiger partial charge < -0.3 is 0 Å². The molecular weight excluding hydrogens is 241 g/mol. The zero-order valence-electron chi connectivity index (χ0n) is 7.74. The lowest BCUT2D eigenvalue weighted by atomic mass is 10.1. The summed E-state index contributed by atoms with van der Waals surface area (Å²) in [5.74, 6) is -0.382. The number of alkyl halides is 1. The van der Waals surface area contributed by atoms with Crippen LogP contribution in [0.5, 0.6) is 0 Å². The van der Waals surface area contributed by atoms with Crippen LogP contribution in [0.25, 0.3) is 0 Å². The van der Waals surface area contributed by atoms with Crippen LogP contribution in [-0.2, 0) is 4.79 Å². The van der Waals surface area contributed by atoms with Gasteiger partial charge in [-0.3, -0.25) is 14.9 Å². The van der Waals surface area contributed by atoms with E-state index >= 15 is 0 Å². The van der Waals surface area contributed by atoms with Gasteiger partial charge in [0.25, 0.3) is 5.69 Å². The van der Waals surface area contributed by atoms with E-state index in [0.29, 0.717) is 0 Å². The number of ketones is 1. The molecule has 4 nitrogen and oxygen atoms in total. The zero-order chi connectivity index (χ0) is 11.6. The maximum absolute atomic E-state index is 11.1. The molecule has 1 aromatic carbocycles. The Bertz CT molecular complexity index is 420. The van der Waals surface area contributed by atoms with Crippen LogP contribution in [-0.4, -0.2) is 10.7 Å². The van der Waals surface area contributed by atoms with Gasteiger partial charge in [-0.1, -0.05) is 17.7 Å². The average Bonchev–Trinajstić information content (AvgIpc) is 2.16. The molecule has 0 saturated carbocycles. The summed E-state index contributed by atoms with van der Waals surface area (Å²) < 4.78 is 0. The molecule has 0 saturated heterocycles. The molecular formula is C9H7Cl2NO3. The first-order chi connectivity index (χ1) is 6.95. The van der Waals surface area contributed by atoms with Gasteiger partial charge in [-0.25, -0.2) is 0 Å². The molecule has 1 atom stereocenters. The van der Waals surface area contributed by atoms with Crippen molar-refractivity contribution in [3.05, 3.63) is 38.9 Å². The van der Waals surface area contributed by atoms with Crippen molar-refractivity contribution in [3.8, 4) is 0 Å². The molecule has 0 N–H and O–H groups in total. The third-order valence-corrected chi connectivity index (χ3v) is 2.69. The van der Waals surface area contributed by atoms with Gasteiger partial charge in [0.05, 0.1) is 15.5 Å². The fourth-order valence-electron chi connectivity index (χ4n) is 1.14. The van der Waals surface area contributed by atoms with Crippen molar-refractivity contribution in [3.63, 3.8) is 0 Å². The number of hydrogen-bond acceptors (Lipinski definition) is 3. The molecule has 1 rings (SSSR count). The molecule has 0 aromatic heterocycles. The number of halogens is 2. The van der Waals surface area contributed by atoms with Crippen LogP contribution in [0.2, 0.25) is 5.02 Å². The lowest BCUT2D eigenvalue weighted by Crippen LogP contribution is -2.05. The molecule has 15 heavy (non-hydrogen) atoms. The van der Waals surface area contributed by atoms with Crippen molar-refractivity contribution in [2.75, 3.05) is 0 Å². The first-order valence-electron chi connectivity index (χ1n) is 4.02. The number of carbonyl (C=O) groups is 1. The second kappa shape index (κ2) is 4.59. The minimum Gasteiger partial charge on any atom is -0.298 e. The van der Waals surface area contributed by atoms with Gasteiger partial charge in [-0.15, -0.1) is 11.6 Å². The number of benzene rings is 1. The minimum absolute atomic E-state index is 0.0540. The Hall–Kier alpha value is -1.13. The van der Waals surface area contributed by atoms with Crippen LogP contribution in [0.4, 0.5) is 5.69 Å². The summed E-state index contributed by atoms with van der Waals surface area (Å²) in [4.78, 5) is 21.1. The molecule has 0 heterocycles. The number of nitro benzene ring substituents is 1. The molecule has 80 valence electrons. The number of nitro groups is 1. The quantitative estimate of drug-likeness (QED) is 0.469. The van der Waals surface area contributed by atoms with Gasteiger partial charge in [0, 0.05) is 6.07 Å². The third kappa shape index (κ3) is 2.46. The van der Waals surface area contributed by atoms with Gasteiger partial charge in [0.2, 0.25) is 0 Å². The van der Waals surface area contributed by atoms with Crippen LogP contribution < -0.4 is 0 Å². The van der Waals surface area contributed by atoms with Crippen molar-refractivity contribution < 1.29 is 9.72 Å². The smallest absolute Gasteiger partial charge is 0.276 e. The highest BCUT2D eigenvalue weighted by atomic mass is 35.5. The minimum atomic E-state index is -1.08. The van der Waals surface area contributed by atoms with E-state index in [1.165, 1.54) is 25.1 Å². The molecule has 1 aromatic rings. The molecule has 0 amide bonds. The van der Waals surface area contributed by atoms with Crippen molar-refractivity contribution in [1.29, 1.82) is 0 Å². The summed E-state index contributed by atoms with van der Waals surface area (Å²) in [5.41, 5.74) is -0.184. The molecule has 0 aliphatic heterocycles. The topological polar surface area (TPSA) is 60.2 Å². The third-order valence-electron chi connectivity index (χ3n) is 1.84. The first-order valence-corrected chi connectivity index (χ1v) is 4.84. The highest BCUT2D eigenvalue weighted by Gasteiger charge is 2.26. The van der Waals surface area contributed by atoms with Crippen LogP contribution in [0.15, 0.2) is 18.2 Å². The standard InChI is InChI=1S/C9H7Cl2NO3/c1-5(13)9(11)8-6(10)3-2-4-7(8)12(14)15/h2-4,9H,1H3. The first kappa shape index (κ1) is 11.9. The summed E-state index contributed by atoms with van der Waals surface area (Å²) in [5, 5.41) is 9.72. The summed E-state index contributed by atoms with van der Waals surface area (Å²) in [6.45, 7) is 1.25. The predicted octanol–water partition coefficient (Wildman–Crippen LogP) is 3.12. The summed E-state index contributed by atoms with van der Waals surface area (Å²) in [7, 11) is 0. The predicted molar refractivity (Wildman–Crippen MR) is 57.4 cm³/mol. The van der Waals surface area contributed by atoms with Crippen molar-refractivity contribution in [2.45, 2.75) is 12.3 Å².